The van der Waals surface area contributed by atoms with Gasteiger partial charge in [-0.15, -0.1) is 0 Å². The van der Waals surface area contributed by atoms with E-state index in [0.717, 1.165) is 11.1 Å². The Kier molecular flexibility index (Phi) is 3.30. The molecule has 2 nitrogen and oxygen atoms in total. The van der Waals surface area contributed by atoms with Crippen molar-refractivity contribution in [2.45, 2.75) is 25.2 Å². The molecule has 2 heterocycles. The number of aromatic nitrogens is 1. The molecule has 1 atom stereocenters. The first-order valence-electron chi connectivity index (χ1n) is 6.55. The van der Waals surface area contributed by atoms with E-state index in [1.54, 1.807) is 16.8 Å². The van der Waals surface area contributed by atoms with E-state index in [1.807, 2.05) is 30.3 Å². The molecule has 0 amide bonds. The lowest BCUT2D eigenvalue weighted by Crippen LogP contribution is -2.37. The summed E-state index contributed by atoms with van der Waals surface area (Å²) in [5.41, 5.74) is 2.15. The normalized spacial score (nSPS) is 18.9. The third kappa shape index (κ3) is 2.45. The predicted octanol–water partition coefficient (Wildman–Crippen LogP) is 3.29. The summed E-state index contributed by atoms with van der Waals surface area (Å²) in [7, 11) is 0. The van der Waals surface area contributed by atoms with Gasteiger partial charge >= 0.3 is 6.18 Å². The SMILES string of the molecule is FC(F)(F)C1CNCc2ccn(Cc3ccccc3)c21. The molecule has 3 rings (SSSR count). The Labute approximate surface area is 115 Å². The third-order valence-corrected chi connectivity index (χ3v) is 3.68. The quantitative estimate of drug-likeness (QED) is 0.893. The lowest BCUT2D eigenvalue weighted by atomic mass is 9.97. The summed E-state index contributed by atoms with van der Waals surface area (Å²) in [5.74, 6) is -1.43. The lowest BCUT2D eigenvalue weighted by molar-refractivity contribution is -0.152. The minimum atomic E-state index is -4.21. The molecule has 0 spiro atoms. The fourth-order valence-electron chi connectivity index (χ4n) is 2.74. The van der Waals surface area contributed by atoms with Crippen molar-refractivity contribution >= 4 is 0 Å². The van der Waals surface area contributed by atoms with Crippen LogP contribution in [-0.2, 0) is 13.1 Å². The van der Waals surface area contributed by atoms with Crippen LogP contribution in [0, 0.1) is 0 Å². The van der Waals surface area contributed by atoms with Crippen LogP contribution in [0.15, 0.2) is 42.6 Å². The van der Waals surface area contributed by atoms with Gasteiger partial charge in [0.05, 0.1) is 0 Å². The average Bonchev–Trinajstić information content (AvgIpc) is 2.82. The standard InChI is InChI=1S/C15H15F3N2/c16-15(17,18)13-9-19-8-12-6-7-20(14(12)13)10-11-4-2-1-3-5-11/h1-7,13,19H,8-10H2. The van der Waals surface area contributed by atoms with E-state index < -0.39 is 12.1 Å². The van der Waals surface area contributed by atoms with Crippen LogP contribution in [0.4, 0.5) is 13.2 Å². The maximum absolute atomic E-state index is 13.2. The second-order valence-corrected chi connectivity index (χ2v) is 5.06. The lowest BCUT2D eigenvalue weighted by Gasteiger charge is -2.28. The molecule has 1 aromatic heterocycles. The monoisotopic (exact) mass is 280 g/mol. The van der Waals surface area contributed by atoms with Crippen molar-refractivity contribution in [2.75, 3.05) is 6.54 Å². The smallest absolute Gasteiger partial charge is 0.346 e. The van der Waals surface area contributed by atoms with Crippen molar-refractivity contribution in [3.63, 3.8) is 0 Å². The maximum Gasteiger partial charge on any atom is 0.398 e. The van der Waals surface area contributed by atoms with Crippen molar-refractivity contribution in [3.8, 4) is 0 Å². The Morgan fingerprint density at radius 3 is 2.60 bits per heavy atom. The number of hydrogen-bond donors (Lipinski definition) is 1. The molecule has 20 heavy (non-hydrogen) atoms. The zero-order valence-electron chi connectivity index (χ0n) is 10.8. The molecule has 0 aliphatic carbocycles. The van der Waals surface area contributed by atoms with Gasteiger partial charge < -0.3 is 9.88 Å². The van der Waals surface area contributed by atoms with E-state index in [2.05, 4.69) is 5.32 Å². The molecule has 1 aliphatic rings. The molecule has 1 unspecified atom stereocenters. The predicted molar refractivity (Wildman–Crippen MR) is 70.5 cm³/mol. The van der Waals surface area contributed by atoms with E-state index in [4.69, 9.17) is 0 Å². The van der Waals surface area contributed by atoms with Crippen molar-refractivity contribution in [2.24, 2.45) is 0 Å². The van der Waals surface area contributed by atoms with Gasteiger partial charge in [0.1, 0.15) is 5.92 Å². The summed E-state index contributed by atoms with van der Waals surface area (Å²) >= 11 is 0. The van der Waals surface area contributed by atoms with Gasteiger partial charge in [-0.2, -0.15) is 13.2 Å². The van der Waals surface area contributed by atoms with Crippen LogP contribution in [-0.4, -0.2) is 17.3 Å². The van der Waals surface area contributed by atoms with Gasteiger partial charge in [0.25, 0.3) is 0 Å². The zero-order valence-corrected chi connectivity index (χ0v) is 10.8. The number of hydrogen-bond acceptors (Lipinski definition) is 1. The number of benzene rings is 1. The van der Waals surface area contributed by atoms with Crippen LogP contribution in [0.3, 0.4) is 0 Å². The average molecular weight is 280 g/mol. The molecule has 0 saturated carbocycles. The molecular weight excluding hydrogens is 265 g/mol. The topological polar surface area (TPSA) is 17.0 Å². The number of fused-ring (bicyclic) bond motifs is 1. The van der Waals surface area contributed by atoms with Crippen LogP contribution in [0.25, 0.3) is 0 Å². The number of rotatable bonds is 2. The number of nitrogens with zero attached hydrogens (tertiary/aromatic N) is 1. The molecule has 2 aromatic rings. The summed E-state index contributed by atoms with van der Waals surface area (Å²) in [6.45, 7) is 0.932. The largest absolute Gasteiger partial charge is 0.398 e. The Hall–Kier alpha value is -1.75. The number of nitrogens with one attached hydrogen (secondary N) is 1. The summed E-state index contributed by atoms with van der Waals surface area (Å²) in [6, 6.07) is 11.3. The van der Waals surface area contributed by atoms with Gasteiger partial charge in [0, 0.05) is 31.5 Å². The number of alkyl halides is 3. The highest BCUT2D eigenvalue weighted by molar-refractivity contribution is 5.31. The first kappa shape index (κ1) is 13.2. The maximum atomic E-state index is 13.2. The molecule has 1 N–H and O–H groups in total. The van der Waals surface area contributed by atoms with Gasteiger partial charge in [-0.1, -0.05) is 30.3 Å². The van der Waals surface area contributed by atoms with E-state index >= 15 is 0 Å². The van der Waals surface area contributed by atoms with Gasteiger partial charge in [0.15, 0.2) is 0 Å². The Morgan fingerprint density at radius 2 is 1.90 bits per heavy atom. The van der Waals surface area contributed by atoms with Gasteiger partial charge in [0.2, 0.25) is 0 Å². The van der Waals surface area contributed by atoms with E-state index in [1.165, 1.54) is 0 Å². The van der Waals surface area contributed by atoms with Crippen LogP contribution < -0.4 is 5.32 Å². The molecular formula is C15H15F3N2. The number of halogens is 3. The molecule has 0 radical (unpaired) electrons. The summed E-state index contributed by atoms with van der Waals surface area (Å²) in [5, 5.41) is 2.84. The van der Waals surface area contributed by atoms with Crippen LogP contribution >= 0.6 is 0 Å². The second-order valence-electron chi connectivity index (χ2n) is 5.06. The highest BCUT2D eigenvalue weighted by Crippen LogP contribution is 2.38. The highest BCUT2D eigenvalue weighted by atomic mass is 19.4. The Morgan fingerprint density at radius 1 is 1.15 bits per heavy atom. The highest BCUT2D eigenvalue weighted by Gasteiger charge is 2.44. The van der Waals surface area contributed by atoms with Gasteiger partial charge in [-0.3, -0.25) is 0 Å². The minimum absolute atomic E-state index is 0.0463. The second kappa shape index (κ2) is 4.98. The fraction of sp³-hybridized carbons (Fsp3) is 0.333. The summed E-state index contributed by atoms with van der Waals surface area (Å²) in [4.78, 5) is 0. The van der Waals surface area contributed by atoms with Crippen molar-refractivity contribution in [1.82, 2.24) is 9.88 Å². The van der Waals surface area contributed by atoms with Crippen LogP contribution in [0.1, 0.15) is 22.7 Å². The van der Waals surface area contributed by atoms with Crippen molar-refractivity contribution in [1.29, 1.82) is 0 Å². The molecule has 1 aliphatic heterocycles. The first-order chi connectivity index (χ1) is 9.55. The third-order valence-electron chi connectivity index (χ3n) is 3.68. The molecule has 5 heteroatoms. The van der Waals surface area contributed by atoms with E-state index in [9.17, 15) is 13.2 Å². The summed E-state index contributed by atoms with van der Waals surface area (Å²) in [6.07, 6.45) is -2.46. The fourth-order valence-corrected chi connectivity index (χ4v) is 2.74. The molecule has 106 valence electrons. The van der Waals surface area contributed by atoms with E-state index in [-0.39, 0.29) is 6.54 Å². The molecule has 0 bridgehead atoms. The zero-order chi connectivity index (χ0) is 14.2. The Bertz CT molecular complexity index is 587. The van der Waals surface area contributed by atoms with Gasteiger partial charge in [-0.25, -0.2) is 0 Å². The molecule has 0 saturated heterocycles. The van der Waals surface area contributed by atoms with Gasteiger partial charge in [-0.05, 0) is 17.2 Å². The first-order valence-corrected chi connectivity index (χ1v) is 6.55. The minimum Gasteiger partial charge on any atom is -0.346 e. The molecule has 0 fully saturated rings. The van der Waals surface area contributed by atoms with Crippen molar-refractivity contribution in [3.05, 3.63) is 59.4 Å². The van der Waals surface area contributed by atoms with Crippen LogP contribution in [0.2, 0.25) is 0 Å². The van der Waals surface area contributed by atoms with Crippen molar-refractivity contribution < 1.29 is 13.2 Å². The summed E-state index contributed by atoms with van der Waals surface area (Å²) < 4.78 is 41.2. The Balaban J connectivity index is 1.96. The van der Waals surface area contributed by atoms with Crippen LogP contribution in [0.5, 0.6) is 0 Å². The van der Waals surface area contributed by atoms with E-state index in [0.29, 0.717) is 18.8 Å². The molecule has 1 aromatic carbocycles.